The first kappa shape index (κ1) is 17.6. The lowest BCUT2D eigenvalue weighted by Crippen LogP contribution is -2.29. The molecule has 0 aliphatic heterocycles. The first-order chi connectivity index (χ1) is 12.3. The summed E-state index contributed by atoms with van der Waals surface area (Å²) in [4.78, 5) is 12.4. The summed E-state index contributed by atoms with van der Waals surface area (Å²) < 4.78 is 5.74. The fraction of sp³-hybridized carbons (Fsp3) is 0.381. The van der Waals surface area contributed by atoms with Gasteiger partial charge in [0, 0.05) is 11.6 Å². The molecule has 2 aromatic carbocycles. The first-order valence-corrected chi connectivity index (χ1v) is 8.98. The highest BCUT2D eigenvalue weighted by Crippen LogP contribution is 2.31. The third-order valence-electron chi connectivity index (χ3n) is 4.90. The van der Waals surface area contributed by atoms with E-state index in [1.807, 2.05) is 42.5 Å². The highest BCUT2D eigenvalue weighted by atomic mass is 16.5. The van der Waals surface area contributed by atoms with E-state index in [1.165, 1.54) is 0 Å². The molecule has 132 valence electrons. The number of ether oxygens (including phenoxy) is 1. The van der Waals surface area contributed by atoms with E-state index in [2.05, 4.69) is 17.4 Å². The van der Waals surface area contributed by atoms with E-state index in [9.17, 15) is 4.79 Å². The molecule has 4 heteroatoms. The van der Waals surface area contributed by atoms with Gasteiger partial charge in [-0.25, -0.2) is 0 Å². The van der Waals surface area contributed by atoms with Crippen molar-refractivity contribution < 1.29 is 9.53 Å². The van der Waals surface area contributed by atoms with Crippen molar-refractivity contribution in [1.82, 2.24) is 0 Å². The maximum atomic E-state index is 12.4. The second kappa shape index (κ2) is 8.79. The van der Waals surface area contributed by atoms with E-state index in [0.717, 1.165) is 36.1 Å². The van der Waals surface area contributed by atoms with Gasteiger partial charge in [-0.15, -0.1) is 0 Å². The summed E-state index contributed by atoms with van der Waals surface area (Å²) in [6.45, 7) is 1.75. The number of carbonyl (C=O) groups is 1. The third kappa shape index (κ3) is 4.91. The van der Waals surface area contributed by atoms with Crippen molar-refractivity contribution in [3.05, 3.63) is 65.7 Å². The molecule has 1 aliphatic rings. The van der Waals surface area contributed by atoms with Crippen LogP contribution in [0.4, 0.5) is 5.69 Å². The first-order valence-electron chi connectivity index (χ1n) is 8.98. The molecule has 0 radical (unpaired) electrons. The quantitative estimate of drug-likeness (QED) is 0.809. The zero-order valence-corrected chi connectivity index (χ0v) is 14.5. The van der Waals surface area contributed by atoms with Gasteiger partial charge >= 0.3 is 0 Å². The summed E-state index contributed by atoms with van der Waals surface area (Å²) >= 11 is 0. The minimum absolute atomic E-state index is 0.0545. The van der Waals surface area contributed by atoms with Crippen molar-refractivity contribution in [2.24, 2.45) is 17.6 Å². The number of amides is 1. The molecule has 3 N–H and O–H groups in total. The average Bonchev–Trinajstić information content (AvgIpc) is 3.13. The Balaban J connectivity index is 1.47. The Kier molecular flexibility index (Phi) is 6.20. The highest BCUT2D eigenvalue weighted by Gasteiger charge is 2.31. The Hall–Kier alpha value is -2.17. The van der Waals surface area contributed by atoms with Gasteiger partial charge in [0.1, 0.15) is 0 Å². The molecule has 0 heterocycles. The Morgan fingerprint density at radius 1 is 1.00 bits per heavy atom. The van der Waals surface area contributed by atoms with Gasteiger partial charge in [-0.2, -0.15) is 0 Å². The molecular weight excluding hydrogens is 312 g/mol. The molecule has 1 fully saturated rings. The summed E-state index contributed by atoms with van der Waals surface area (Å²) in [5.41, 5.74) is 8.86. The minimum Gasteiger partial charge on any atom is -0.372 e. The lowest BCUT2D eigenvalue weighted by atomic mass is 9.95. The molecule has 0 saturated heterocycles. The molecule has 0 unspecified atom stereocenters. The standard InChI is InChI=1S/C21H26N2O2/c22-13-18-7-4-8-20(18)21(24)23-19-11-9-17(10-12-19)15-25-14-16-5-2-1-3-6-16/h1-3,5-6,9-12,18,20H,4,7-8,13-15,22H2,(H,23,24)/t18-,20-/m1/s1. The predicted molar refractivity (Wildman–Crippen MR) is 99.9 cm³/mol. The lowest BCUT2D eigenvalue weighted by molar-refractivity contribution is -0.120. The van der Waals surface area contributed by atoms with Gasteiger partial charge in [0.25, 0.3) is 0 Å². The van der Waals surface area contributed by atoms with Crippen molar-refractivity contribution in [3.8, 4) is 0 Å². The van der Waals surface area contributed by atoms with Crippen molar-refractivity contribution in [1.29, 1.82) is 0 Å². The maximum Gasteiger partial charge on any atom is 0.227 e. The molecule has 2 atom stereocenters. The van der Waals surface area contributed by atoms with Crippen LogP contribution in [0.1, 0.15) is 30.4 Å². The van der Waals surface area contributed by atoms with Crippen LogP contribution >= 0.6 is 0 Å². The topological polar surface area (TPSA) is 64.4 Å². The van der Waals surface area contributed by atoms with Gasteiger partial charge in [-0.1, -0.05) is 48.9 Å². The van der Waals surface area contributed by atoms with Crippen LogP contribution in [0.3, 0.4) is 0 Å². The number of rotatable bonds is 7. The van der Waals surface area contributed by atoms with Crippen molar-refractivity contribution in [2.45, 2.75) is 32.5 Å². The van der Waals surface area contributed by atoms with Crippen molar-refractivity contribution >= 4 is 11.6 Å². The SMILES string of the molecule is NC[C@H]1CCC[C@H]1C(=O)Nc1ccc(COCc2ccccc2)cc1. The molecule has 0 bridgehead atoms. The maximum absolute atomic E-state index is 12.4. The van der Waals surface area contributed by atoms with Gasteiger partial charge in [0.15, 0.2) is 0 Å². The van der Waals surface area contributed by atoms with Crippen LogP contribution in [0.15, 0.2) is 54.6 Å². The van der Waals surface area contributed by atoms with Crippen LogP contribution in [0.5, 0.6) is 0 Å². The van der Waals surface area contributed by atoms with Crippen molar-refractivity contribution in [3.63, 3.8) is 0 Å². The molecule has 0 spiro atoms. The minimum atomic E-state index is 0.0545. The van der Waals surface area contributed by atoms with Gasteiger partial charge in [-0.3, -0.25) is 4.79 Å². The summed E-state index contributed by atoms with van der Waals surface area (Å²) in [5.74, 6) is 0.477. The van der Waals surface area contributed by atoms with Crippen molar-refractivity contribution in [2.75, 3.05) is 11.9 Å². The number of nitrogens with two attached hydrogens (primary N) is 1. The molecule has 25 heavy (non-hydrogen) atoms. The lowest BCUT2D eigenvalue weighted by Gasteiger charge is -2.17. The highest BCUT2D eigenvalue weighted by molar-refractivity contribution is 5.92. The number of hydrogen-bond acceptors (Lipinski definition) is 3. The van der Waals surface area contributed by atoms with E-state index in [4.69, 9.17) is 10.5 Å². The Bertz CT molecular complexity index is 670. The smallest absolute Gasteiger partial charge is 0.227 e. The largest absolute Gasteiger partial charge is 0.372 e. The number of benzene rings is 2. The molecule has 1 aliphatic carbocycles. The van der Waals surface area contributed by atoms with Crippen LogP contribution in [0.2, 0.25) is 0 Å². The zero-order chi connectivity index (χ0) is 17.5. The molecule has 4 nitrogen and oxygen atoms in total. The summed E-state index contributed by atoms with van der Waals surface area (Å²) in [6.07, 6.45) is 3.10. The van der Waals surface area contributed by atoms with E-state index in [1.54, 1.807) is 0 Å². The summed E-state index contributed by atoms with van der Waals surface area (Å²) in [5, 5.41) is 3.02. The van der Waals surface area contributed by atoms with E-state index in [-0.39, 0.29) is 11.8 Å². The normalized spacial score (nSPS) is 19.7. The molecule has 2 aromatic rings. The second-order valence-corrected chi connectivity index (χ2v) is 6.70. The fourth-order valence-electron chi connectivity index (χ4n) is 3.44. The van der Waals surface area contributed by atoms with Crippen LogP contribution in [0.25, 0.3) is 0 Å². The third-order valence-corrected chi connectivity index (χ3v) is 4.90. The Morgan fingerprint density at radius 2 is 1.68 bits per heavy atom. The number of nitrogens with one attached hydrogen (secondary N) is 1. The van der Waals surface area contributed by atoms with Crippen LogP contribution in [0, 0.1) is 11.8 Å². The van der Waals surface area contributed by atoms with Gasteiger partial charge in [0.2, 0.25) is 5.91 Å². The van der Waals surface area contributed by atoms with Crippen LogP contribution < -0.4 is 11.1 Å². The predicted octanol–water partition coefficient (Wildman–Crippen LogP) is 3.72. The molecule has 1 amide bonds. The molecule has 0 aromatic heterocycles. The summed E-state index contributed by atoms with van der Waals surface area (Å²) in [7, 11) is 0. The second-order valence-electron chi connectivity index (χ2n) is 6.70. The molecule has 3 rings (SSSR count). The van der Waals surface area contributed by atoms with E-state index >= 15 is 0 Å². The molecule has 1 saturated carbocycles. The van der Waals surface area contributed by atoms with Crippen LogP contribution in [-0.2, 0) is 22.7 Å². The van der Waals surface area contributed by atoms with Gasteiger partial charge in [-0.05, 0) is 48.6 Å². The average molecular weight is 338 g/mol. The van der Waals surface area contributed by atoms with E-state index < -0.39 is 0 Å². The van der Waals surface area contributed by atoms with E-state index in [0.29, 0.717) is 25.7 Å². The summed E-state index contributed by atoms with van der Waals surface area (Å²) in [6, 6.07) is 18.0. The monoisotopic (exact) mass is 338 g/mol. The number of hydrogen-bond donors (Lipinski definition) is 2. The Morgan fingerprint density at radius 3 is 2.36 bits per heavy atom. The Labute approximate surface area is 149 Å². The fourth-order valence-corrected chi connectivity index (χ4v) is 3.44. The van der Waals surface area contributed by atoms with Gasteiger partial charge < -0.3 is 15.8 Å². The number of carbonyl (C=O) groups excluding carboxylic acids is 1. The zero-order valence-electron chi connectivity index (χ0n) is 14.5. The molecular formula is C21H26N2O2. The van der Waals surface area contributed by atoms with Crippen LogP contribution in [-0.4, -0.2) is 12.5 Å². The number of anilines is 1. The van der Waals surface area contributed by atoms with Gasteiger partial charge in [0.05, 0.1) is 13.2 Å².